The number of hydrogen-bond acceptors (Lipinski definition) is 3. The topological polar surface area (TPSA) is 25.8 Å². The van der Waals surface area contributed by atoms with Crippen molar-refractivity contribution in [2.75, 3.05) is 0 Å². The molecule has 0 radical (unpaired) electrons. The van der Waals surface area contributed by atoms with Gasteiger partial charge in [0.15, 0.2) is 5.82 Å². The Balaban J connectivity index is 2.28. The first-order chi connectivity index (χ1) is 8.65. The van der Waals surface area contributed by atoms with Gasteiger partial charge in [-0.3, -0.25) is 0 Å². The van der Waals surface area contributed by atoms with Crippen molar-refractivity contribution < 1.29 is 0 Å². The Hall–Kier alpha value is -0.970. The molecule has 0 N–H and O–H groups in total. The Labute approximate surface area is 122 Å². The number of nitrogens with zero attached hydrogens (tertiary/aromatic N) is 2. The molecule has 0 atom stereocenters. The Morgan fingerprint density at radius 1 is 1.28 bits per heavy atom. The highest BCUT2D eigenvalue weighted by molar-refractivity contribution is 9.11. The zero-order valence-corrected chi connectivity index (χ0v) is 12.6. The molecule has 2 nitrogen and oxygen atoms in total. The van der Waals surface area contributed by atoms with Crippen LogP contribution in [0.15, 0.2) is 33.4 Å². The molecule has 0 saturated heterocycles. The average molecular weight is 340 g/mol. The molecule has 2 heterocycles. The summed E-state index contributed by atoms with van der Waals surface area (Å²) in [6.45, 7) is 2.01. The third-order valence-electron chi connectivity index (χ3n) is 2.71. The molecule has 0 spiro atoms. The van der Waals surface area contributed by atoms with Crippen molar-refractivity contribution in [3.05, 3.63) is 44.1 Å². The number of halogens is 2. The summed E-state index contributed by atoms with van der Waals surface area (Å²) in [5.74, 6) is 0.667. The molecule has 3 aromatic rings. The Morgan fingerprint density at radius 2 is 2.11 bits per heavy atom. The van der Waals surface area contributed by atoms with Gasteiger partial charge in [-0.25, -0.2) is 9.97 Å². The summed E-state index contributed by atoms with van der Waals surface area (Å²) in [5, 5.41) is 3.45. The number of aryl methyl sites for hydroxylation is 1. The van der Waals surface area contributed by atoms with Crippen molar-refractivity contribution in [1.82, 2.24) is 9.97 Å². The highest BCUT2D eigenvalue weighted by Gasteiger charge is 2.10. The minimum atomic E-state index is 0.510. The first-order valence-corrected chi connectivity index (χ1v) is 7.37. The van der Waals surface area contributed by atoms with E-state index in [0.29, 0.717) is 11.0 Å². The molecule has 0 unspecified atom stereocenters. The number of aromatic nitrogens is 2. The first-order valence-electron chi connectivity index (χ1n) is 5.32. The summed E-state index contributed by atoms with van der Waals surface area (Å²) in [6, 6.07) is 7.95. The van der Waals surface area contributed by atoms with Gasteiger partial charge >= 0.3 is 0 Å². The standard InChI is InChI=1S/C13H8BrClN2S/c1-7-3-2-4-9-11(7)12(15)17-13(16-9)8-5-10(14)18-6-8/h2-6H,1H3. The summed E-state index contributed by atoms with van der Waals surface area (Å²) in [5.41, 5.74) is 2.96. The van der Waals surface area contributed by atoms with E-state index in [0.717, 1.165) is 25.8 Å². The van der Waals surface area contributed by atoms with E-state index in [9.17, 15) is 0 Å². The van der Waals surface area contributed by atoms with Gasteiger partial charge in [0.1, 0.15) is 5.15 Å². The number of benzene rings is 1. The molecule has 3 rings (SSSR count). The van der Waals surface area contributed by atoms with Gasteiger partial charge in [0, 0.05) is 16.3 Å². The van der Waals surface area contributed by atoms with Crippen LogP contribution in [-0.2, 0) is 0 Å². The maximum atomic E-state index is 6.26. The predicted octanol–water partition coefficient (Wildman–Crippen LogP) is 5.08. The van der Waals surface area contributed by atoms with Gasteiger partial charge < -0.3 is 0 Å². The lowest BCUT2D eigenvalue weighted by atomic mass is 10.1. The van der Waals surface area contributed by atoms with Gasteiger partial charge in [-0.05, 0) is 40.5 Å². The van der Waals surface area contributed by atoms with Gasteiger partial charge in [-0.2, -0.15) is 0 Å². The van der Waals surface area contributed by atoms with E-state index in [4.69, 9.17) is 11.6 Å². The molecule has 0 aliphatic heterocycles. The summed E-state index contributed by atoms with van der Waals surface area (Å²) in [4.78, 5) is 8.96. The molecule has 0 amide bonds. The van der Waals surface area contributed by atoms with E-state index in [1.54, 1.807) is 11.3 Å². The first kappa shape index (κ1) is 12.1. The second kappa shape index (κ2) is 4.61. The summed E-state index contributed by atoms with van der Waals surface area (Å²) in [6.07, 6.45) is 0. The number of hydrogen-bond donors (Lipinski definition) is 0. The molecule has 1 aromatic carbocycles. The van der Waals surface area contributed by atoms with Crippen molar-refractivity contribution in [1.29, 1.82) is 0 Å². The summed E-state index contributed by atoms with van der Waals surface area (Å²) in [7, 11) is 0. The fraction of sp³-hybridized carbons (Fsp3) is 0.0769. The lowest BCUT2D eigenvalue weighted by Gasteiger charge is -2.05. The van der Waals surface area contributed by atoms with Gasteiger partial charge in [0.25, 0.3) is 0 Å². The van der Waals surface area contributed by atoms with E-state index in [1.165, 1.54) is 0 Å². The fourth-order valence-corrected chi connectivity index (χ4v) is 3.32. The zero-order chi connectivity index (χ0) is 12.7. The molecule has 0 saturated carbocycles. The van der Waals surface area contributed by atoms with E-state index in [1.807, 2.05) is 36.6 Å². The van der Waals surface area contributed by atoms with Crippen LogP contribution < -0.4 is 0 Å². The van der Waals surface area contributed by atoms with E-state index < -0.39 is 0 Å². The highest BCUT2D eigenvalue weighted by Crippen LogP contribution is 2.30. The third-order valence-corrected chi connectivity index (χ3v) is 4.49. The minimum Gasteiger partial charge on any atom is -0.228 e. The van der Waals surface area contributed by atoms with Gasteiger partial charge in [-0.1, -0.05) is 23.7 Å². The van der Waals surface area contributed by atoms with Crippen LogP contribution in [0.25, 0.3) is 22.3 Å². The van der Waals surface area contributed by atoms with Crippen molar-refractivity contribution in [2.24, 2.45) is 0 Å². The number of thiophene rings is 1. The number of fused-ring (bicyclic) bond motifs is 1. The smallest absolute Gasteiger partial charge is 0.162 e. The molecule has 18 heavy (non-hydrogen) atoms. The SMILES string of the molecule is Cc1cccc2nc(-c3csc(Br)c3)nc(Cl)c12. The molecule has 90 valence electrons. The predicted molar refractivity (Wildman–Crippen MR) is 80.3 cm³/mol. The average Bonchev–Trinajstić information content (AvgIpc) is 2.75. The van der Waals surface area contributed by atoms with E-state index >= 15 is 0 Å². The summed E-state index contributed by atoms with van der Waals surface area (Å²) >= 11 is 11.3. The van der Waals surface area contributed by atoms with Gasteiger partial charge in [0.2, 0.25) is 0 Å². The lowest BCUT2D eigenvalue weighted by Crippen LogP contribution is -1.92. The van der Waals surface area contributed by atoms with Crippen LogP contribution >= 0.6 is 38.9 Å². The third kappa shape index (κ3) is 2.05. The Morgan fingerprint density at radius 3 is 2.83 bits per heavy atom. The summed E-state index contributed by atoms with van der Waals surface area (Å²) < 4.78 is 1.06. The van der Waals surface area contributed by atoms with Gasteiger partial charge in [0.05, 0.1) is 9.30 Å². The second-order valence-corrected chi connectivity index (χ2v) is 6.60. The molecule has 5 heteroatoms. The normalized spacial score (nSPS) is 11.1. The zero-order valence-electron chi connectivity index (χ0n) is 9.45. The highest BCUT2D eigenvalue weighted by atomic mass is 79.9. The maximum Gasteiger partial charge on any atom is 0.162 e. The Bertz CT molecular complexity index is 739. The van der Waals surface area contributed by atoms with Crippen molar-refractivity contribution in [3.63, 3.8) is 0 Å². The van der Waals surface area contributed by atoms with Crippen LogP contribution in [0.1, 0.15) is 5.56 Å². The van der Waals surface area contributed by atoms with E-state index in [2.05, 4.69) is 25.9 Å². The molecule has 0 bridgehead atoms. The quantitative estimate of drug-likeness (QED) is 0.578. The maximum absolute atomic E-state index is 6.26. The molecular formula is C13H8BrClN2S. The van der Waals surface area contributed by atoms with Crippen LogP contribution in [0.5, 0.6) is 0 Å². The molecular weight excluding hydrogens is 332 g/mol. The van der Waals surface area contributed by atoms with Crippen LogP contribution in [-0.4, -0.2) is 9.97 Å². The van der Waals surface area contributed by atoms with Crippen LogP contribution in [0, 0.1) is 6.92 Å². The lowest BCUT2D eigenvalue weighted by molar-refractivity contribution is 1.22. The van der Waals surface area contributed by atoms with Crippen LogP contribution in [0.3, 0.4) is 0 Å². The monoisotopic (exact) mass is 338 g/mol. The fourth-order valence-electron chi connectivity index (χ4n) is 1.86. The van der Waals surface area contributed by atoms with Crippen LogP contribution in [0.2, 0.25) is 5.15 Å². The van der Waals surface area contributed by atoms with Crippen LogP contribution in [0.4, 0.5) is 0 Å². The molecule has 0 fully saturated rings. The Kier molecular flexibility index (Phi) is 3.09. The molecule has 2 aromatic heterocycles. The van der Waals surface area contributed by atoms with Crippen molar-refractivity contribution >= 4 is 49.8 Å². The van der Waals surface area contributed by atoms with Crippen molar-refractivity contribution in [3.8, 4) is 11.4 Å². The van der Waals surface area contributed by atoms with Crippen molar-refractivity contribution in [2.45, 2.75) is 6.92 Å². The second-order valence-electron chi connectivity index (χ2n) is 3.95. The number of rotatable bonds is 1. The molecule has 0 aliphatic rings. The van der Waals surface area contributed by atoms with Gasteiger partial charge in [-0.15, -0.1) is 11.3 Å². The minimum absolute atomic E-state index is 0.510. The largest absolute Gasteiger partial charge is 0.228 e. The van der Waals surface area contributed by atoms with E-state index in [-0.39, 0.29) is 0 Å². The molecule has 0 aliphatic carbocycles.